The number of unbranched alkanes of at least 4 members (excludes halogenated alkanes) is 1. The van der Waals surface area contributed by atoms with E-state index in [1.807, 2.05) is 24.3 Å². The second-order valence-corrected chi connectivity index (χ2v) is 9.95. The molecule has 1 aliphatic heterocycles. The van der Waals surface area contributed by atoms with Crippen molar-refractivity contribution in [3.8, 4) is 0 Å². The Morgan fingerprint density at radius 2 is 1.57 bits per heavy atom. The van der Waals surface area contributed by atoms with Gasteiger partial charge in [0.05, 0.1) is 22.5 Å². The van der Waals surface area contributed by atoms with Crippen LogP contribution in [0.1, 0.15) is 66.6 Å². The predicted octanol–water partition coefficient (Wildman–Crippen LogP) is 6.88. The molecule has 1 aliphatic carbocycles. The number of nitrogens with two attached hydrogens (primary N) is 1. The number of benzene rings is 2. The molecule has 1 fully saturated rings. The van der Waals surface area contributed by atoms with E-state index in [0.717, 1.165) is 54.7 Å². The molecule has 1 atom stereocenters. The van der Waals surface area contributed by atoms with Crippen molar-refractivity contribution in [3.05, 3.63) is 71.4 Å². The Hall–Kier alpha value is -2.14. The van der Waals surface area contributed by atoms with Crippen molar-refractivity contribution in [3.63, 3.8) is 0 Å². The first kappa shape index (κ1) is 27.4. The fourth-order valence-corrected chi connectivity index (χ4v) is 5.77. The van der Waals surface area contributed by atoms with E-state index in [4.69, 9.17) is 10.7 Å². The first-order valence-electron chi connectivity index (χ1n) is 12.7. The number of Topliss-reactive ketones (excluding diaryl/α,β-unsaturated/α-hetero) is 1. The van der Waals surface area contributed by atoms with Crippen LogP contribution in [0.15, 0.2) is 54.6 Å². The van der Waals surface area contributed by atoms with Gasteiger partial charge in [-0.05, 0) is 62.7 Å². The number of aryl methyl sites for hydroxylation is 1. The highest BCUT2D eigenvalue weighted by Gasteiger charge is 2.31. The average Bonchev–Trinajstić information content (AvgIpc) is 2.85. The molecule has 1 saturated heterocycles. The molecule has 2 aromatic carbocycles. The minimum atomic E-state index is 0. The van der Waals surface area contributed by atoms with Crippen LogP contribution in [-0.4, -0.2) is 28.8 Å². The van der Waals surface area contributed by atoms with Crippen LogP contribution in [0.2, 0.25) is 0 Å². The maximum Gasteiger partial charge on any atom is 0.169 e. The zero-order valence-corrected chi connectivity index (χ0v) is 22.0. The molecule has 0 radical (unpaired) electrons. The lowest BCUT2D eigenvalue weighted by Gasteiger charge is -2.32. The van der Waals surface area contributed by atoms with Crippen molar-refractivity contribution in [2.45, 2.75) is 57.9 Å². The molecule has 3 aromatic rings. The molecule has 2 aliphatic rings. The van der Waals surface area contributed by atoms with Crippen LogP contribution in [0.5, 0.6) is 0 Å². The van der Waals surface area contributed by atoms with Crippen LogP contribution in [0, 0.1) is 11.8 Å². The summed E-state index contributed by atoms with van der Waals surface area (Å²) in [7, 11) is 0. The number of piperidine rings is 1. The number of carbonyl (C=O) groups is 1. The van der Waals surface area contributed by atoms with Gasteiger partial charge in [0.25, 0.3) is 0 Å². The molecule has 188 valence electrons. The summed E-state index contributed by atoms with van der Waals surface area (Å²) in [6, 6.07) is 18.7. The van der Waals surface area contributed by atoms with Crippen molar-refractivity contribution in [2.75, 3.05) is 18.8 Å². The zero-order chi connectivity index (χ0) is 22.6. The summed E-state index contributed by atoms with van der Waals surface area (Å²) in [5, 5.41) is 0.906. The number of nitrogens with zero attached hydrogens (tertiary/aromatic N) is 2. The summed E-state index contributed by atoms with van der Waals surface area (Å²) in [4.78, 5) is 20.6. The number of hydrogen-bond acceptors (Lipinski definition) is 4. The number of hydrogen-bond donors (Lipinski definition) is 1. The molecule has 1 unspecified atom stereocenters. The quantitative estimate of drug-likeness (QED) is 0.349. The Morgan fingerprint density at radius 3 is 2.34 bits per heavy atom. The third-order valence-corrected chi connectivity index (χ3v) is 7.73. The predicted molar refractivity (Wildman–Crippen MR) is 150 cm³/mol. The molecule has 0 bridgehead atoms. The van der Waals surface area contributed by atoms with E-state index in [0.29, 0.717) is 11.3 Å². The van der Waals surface area contributed by atoms with Crippen LogP contribution in [0.4, 0.5) is 5.69 Å². The van der Waals surface area contributed by atoms with Crippen molar-refractivity contribution >= 4 is 47.2 Å². The highest BCUT2D eigenvalue weighted by molar-refractivity contribution is 6.10. The number of ketones is 1. The van der Waals surface area contributed by atoms with Crippen molar-refractivity contribution < 1.29 is 4.79 Å². The Kier molecular flexibility index (Phi) is 9.97. The zero-order valence-electron chi connectivity index (χ0n) is 20.3. The van der Waals surface area contributed by atoms with E-state index >= 15 is 0 Å². The van der Waals surface area contributed by atoms with Gasteiger partial charge in [-0.3, -0.25) is 14.7 Å². The summed E-state index contributed by atoms with van der Waals surface area (Å²) in [5.41, 5.74) is 11.0. The Morgan fingerprint density at radius 1 is 0.886 bits per heavy atom. The normalized spacial score (nSPS) is 18.5. The Labute approximate surface area is 221 Å². The van der Waals surface area contributed by atoms with Gasteiger partial charge in [0.2, 0.25) is 0 Å². The number of anilines is 1. The second-order valence-electron chi connectivity index (χ2n) is 9.95. The molecule has 4 nitrogen and oxygen atoms in total. The van der Waals surface area contributed by atoms with E-state index in [-0.39, 0.29) is 36.5 Å². The van der Waals surface area contributed by atoms with Gasteiger partial charge in [0.15, 0.2) is 5.78 Å². The highest BCUT2D eigenvalue weighted by atomic mass is 35.5. The van der Waals surface area contributed by atoms with Gasteiger partial charge in [0, 0.05) is 17.8 Å². The van der Waals surface area contributed by atoms with Crippen LogP contribution in [-0.2, 0) is 13.0 Å². The monoisotopic (exact) mass is 513 g/mol. The third-order valence-electron chi connectivity index (χ3n) is 7.73. The van der Waals surface area contributed by atoms with Crippen molar-refractivity contribution in [1.82, 2.24) is 9.88 Å². The molecule has 5 rings (SSSR count). The Balaban J connectivity index is 0.00000171. The Bertz CT molecular complexity index is 1110. The van der Waals surface area contributed by atoms with Gasteiger partial charge in [-0.2, -0.15) is 0 Å². The number of halogens is 2. The largest absolute Gasteiger partial charge is 0.398 e. The maximum atomic E-state index is 13.2. The van der Waals surface area contributed by atoms with E-state index in [1.54, 1.807) is 0 Å². The number of rotatable bonds is 7. The summed E-state index contributed by atoms with van der Waals surface area (Å²) >= 11 is 0. The maximum absolute atomic E-state index is 13.2. The molecular formula is C29H37Cl2N3O. The average molecular weight is 515 g/mol. The minimum absolute atomic E-state index is 0. The van der Waals surface area contributed by atoms with Crippen LogP contribution in [0.3, 0.4) is 0 Å². The minimum Gasteiger partial charge on any atom is -0.398 e. The van der Waals surface area contributed by atoms with Gasteiger partial charge in [0.1, 0.15) is 0 Å². The van der Waals surface area contributed by atoms with Gasteiger partial charge >= 0.3 is 0 Å². The number of likely N-dealkylation sites (tertiary alicyclic amines) is 1. The molecule has 0 amide bonds. The van der Waals surface area contributed by atoms with Gasteiger partial charge in [-0.25, -0.2) is 0 Å². The van der Waals surface area contributed by atoms with Crippen molar-refractivity contribution in [2.24, 2.45) is 11.8 Å². The smallest absolute Gasteiger partial charge is 0.169 e. The number of fused-ring (bicyclic) bond motifs is 2. The fourth-order valence-electron chi connectivity index (χ4n) is 5.77. The summed E-state index contributed by atoms with van der Waals surface area (Å²) < 4.78 is 0. The van der Waals surface area contributed by atoms with E-state index in [9.17, 15) is 4.79 Å². The fraction of sp³-hybridized carbons (Fsp3) is 0.448. The molecular weight excluding hydrogens is 477 g/mol. The number of carbonyl (C=O) groups excluding carboxylic acids is 1. The molecule has 6 heteroatoms. The van der Waals surface area contributed by atoms with E-state index in [1.165, 1.54) is 44.3 Å². The van der Waals surface area contributed by atoms with Gasteiger partial charge in [-0.15, -0.1) is 24.8 Å². The van der Waals surface area contributed by atoms with Crippen LogP contribution < -0.4 is 5.73 Å². The van der Waals surface area contributed by atoms with Crippen LogP contribution >= 0.6 is 24.8 Å². The molecule has 2 heterocycles. The standard InChI is InChI=1S/C29H35N3O.2ClH/c30-28-24-12-6-7-13-25(24)31-26-15-14-23(29(33)27(26)28)11-5-4-8-21-16-18-32(19-17-21)20-22-9-2-1-3-10-22;;/h1-3,6-7,9-10,12-13,21,23H,4-5,8,11,14-20H2,(H2,30,31);2*1H. The first-order valence-corrected chi connectivity index (χ1v) is 12.7. The molecule has 1 aromatic heterocycles. The molecule has 0 spiro atoms. The lowest BCUT2D eigenvalue weighted by atomic mass is 9.80. The summed E-state index contributed by atoms with van der Waals surface area (Å²) in [6.45, 7) is 3.49. The summed E-state index contributed by atoms with van der Waals surface area (Å²) in [6.07, 6.45) is 9.02. The van der Waals surface area contributed by atoms with Crippen molar-refractivity contribution in [1.29, 1.82) is 0 Å². The topological polar surface area (TPSA) is 59.2 Å². The molecule has 2 N–H and O–H groups in total. The van der Waals surface area contributed by atoms with E-state index < -0.39 is 0 Å². The number of para-hydroxylation sites is 1. The van der Waals surface area contributed by atoms with Gasteiger partial charge in [-0.1, -0.05) is 67.8 Å². The highest BCUT2D eigenvalue weighted by Crippen LogP contribution is 2.35. The molecule has 0 saturated carbocycles. The SMILES string of the molecule is Cl.Cl.Nc1c2c(nc3ccccc13)CCC(CCCCC1CCN(Cc3ccccc3)CC1)C2=O. The summed E-state index contributed by atoms with van der Waals surface area (Å²) in [5.74, 6) is 1.17. The lowest BCUT2D eigenvalue weighted by Crippen LogP contribution is -2.33. The first-order chi connectivity index (χ1) is 16.2. The number of pyridine rings is 1. The number of aromatic nitrogens is 1. The lowest BCUT2D eigenvalue weighted by molar-refractivity contribution is 0.0891. The number of nitrogen functional groups attached to an aromatic ring is 1. The molecule has 35 heavy (non-hydrogen) atoms. The van der Waals surface area contributed by atoms with Crippen LogP contribution in [0.25, 0.3) is 10.9 Å². The van der Waals surface area contributed by atoms with Gasteiger partial charge < -0.3 is 5.73 Å². The third kappa shape index (κ3) is 6.35. The second kappa shape index (κ2) is 12.7. The van der Waals surface area contributed by atoms with E-state index in [2.05, 4.69) is 35.2 Å².